The maximum atomic E-state index is 10.8. The summed E-state index contributed by atoms with van der Waals surface area (Å²) in [5.74, 6) is -0.988. The zero-order chi connectivity index (χ0) is 11.7. The molecule has 1 aromatic carbocycles. The van der Waals surface area contributed by atoms with Crippen molar-refractivity contribution in [2.45, 2.75) is 0 Å². The van der Waals surface area contributed by atoms with E-state index in [2.05, 4.69) is 5.10 Å². The number of hydrogen-bond acceptors (Lipinski definition) is 2. The molecule has 2 rings (SSSR count). The van der Waals surface area contributed by atoms with E-state index in [-0.39, 0.29) is 5.56 Å². The SMILES string of the molecule is O=C(O)c1cnn(-c2cccc(Cl)c2)c1I. The van der Waals surface area contributed by atoms with Crippen molar-refractivity contribution in [2.75, 3.05) is 0 Å². The number of aromatic carboxylic acids is 1. The highest BCUT2D eigenvalue weighted by Gasteiger charge is 2.15. The van der Waals surface area contributed by atoms with E-state index in [9.17, 15) is 4.79 Å². The van der Waals surface area contributed by atoms with E-state index in [1.807, 2.05) is 28.7 Å². The van der Waals surface area contributed by atoms with Gasteiger partial charge in [-0.1, -0.05) is 17.7 Å². The number of carbonyl (C=O) groups is 1. The number of aromatic nitrogens is 2. The van der Waals surface area contributed by atoms with Gasteiger partial charge in [0.25, 0.3) is 0 Å². The molecule has 0 amide bonds. The minimum absolute atomic E-state index is 0.181. The van der Waals surface area contributed by atoms with Crippen molar-refractivity contribution in [3.8, 4) is 5.69 Å². The lowest BCUT2D eigenvalue weighted by molar-refractivity contribution is 0.0695. The molecule has 0 bridgehead atoms. The first-order chi connectivity index (χ1) is 7.59. The van der Waals surface area contributed by atoms with Crippen molar-refractivity contribution in [2.24, 2.45) is 0 Å². The molecule has 6 heteroatoms. The Morgan fingerprint density at radius 2 is 2.25 bits per heavy atom. The van der Waals surface area contributed by atoms with Crippen LogP contribution in [0.15, 0.2) is 30.5 Å². The van der Waals surface area contributed by atoms with Gasteiger partial charge in [-0.2, -0.15) is 5.10 Å². The molecule has 16 heavy (non-hydrogen) atoms. The molecule has 0 aliphatic heterocycles. The standard InChI is InChI=1S/C10H6ClIN2O2/c11-6-2-1-3-7(4-6)14-9(12)8(5-13-14)10(15)16/h1-5H,(H,15,16). The van der Waals surface area contributed by atoms with Crippen molar-refractivity contribution in [3.05, 3.63) is 44.7 Å². The third-order valence-corrected chi connectivity index (χ3v) is 3.27. The molecule has 0 unspecified atom stereocenters. The van der Waals surface area contributed by atoms with Crippen LogP contribution in [0.5, 0.6) is 0 Å². The molecule has 0 atom stereocenters. The minimum Gasteiger partial charge on any atom is -0.478 e. The molecule has 0 aliphatic rings. The summed E-state index contributed by atoms with van der Waals surface area (Å²) >= 11 is 7.80. The van der Waals surface area contributed by atoms with Gasteiger partial charge in [0.1, 0.15) is 9.26 Å². The van der Waals surface area contributed by atoms with Crippen molar-refractivity contribution < 1.29 is 9.90 Å². The van der Waals surface area contributed by atoms with Gasteiger partial charge in [-0.25, -0.2) is 9.48 Å². The Balaban J connectivity index is 2.53. The fraction of sp³-hybridized carbons (Fsp3) is 0. The molecule has 1 N–H and O–H groups in total. The summed E-state index contributed by atoms with van der Waals surface area (Å²) in [4.78, 5) is 10.8. The van der Waals surface area contributed by atoms with Crippen molar-refractivity contribution in [1.82, 2.24) is 9.78 Å². The Hall–Kier alpha value is -1.08. The molecule has 0 saturated carbocycles. The van der Waals surface area contributed by atoms with Gasteiger partial charge >= 0.3 is 5.97 Å². The highest BCUT2D eigenvalue weighted by atomic mass is 127. The maximum absolute atomic E-state index is 10.8. The van der Waals surface area contributed by atoms with E-state index >= 15 is 0 Å². The molecule has 0 saturated heterocycles. The second-order valence-electron chi connectivity index (χ2n) is 3.05. The molecule has 0 radical (unpaired) electrons. The fourth-order valence-electron chi connectivity index (χ4n) is 1.26. The Morgan fingerprint density at radius 3 is 2.81 bits per heavy atom. The first-order valence-electron chi connectivity index (χ1n) is 4.32. The number of halogens is 2. The number of rotatable bonds is 2. The lowest BCUT2D eigenvalue weighted by Gasteiger charge is -2.03. The van der Waals surface area contributed by atoms with E-state index in [4.69, 9.17) is 16.7 Å². The van der Waals surface area contributed by atoms with Gasteiger partial charge in [-0.05, 0) is 40.8 Å². The second-order valence-corrected chi connectivity index (χ2v) is 4.50. The van der Waals surface area contributed by atoms with E-state index in [0.29, 0.717) is 8.72 Å². The molecule has 82 valence electrons. The summed E-state index contributed by atoms with van der Waals surface area (Å²) in [6.07, 6.45) is 1.32. The summed E-state index contributed by atoms with van der Waals surface area (Å²) in [6.45, 7) is 0. The number of nitrogens with zero attached hydrogens (tertiary/aromatic N) is 2. The highest BCUT2D eigenvalue weighted by molar-refractivity contribution is 14.1. The van der Waals surface area contributed by atoms with Crippen molar-refractivity contribution in [3.63, 3.8) is 0 Å². The highest BCUT2D eigenvalue weighted by Crippen LogP contribution is 2.19. The van der Waals surface area contributed by atoms with Crippen LogP contribution in [-0.2, 0) is 0 Å². The van der Waals surface area contributed by atoms with Crippen LogP contribution in [-0.4, -0.2) is 20.9 Å². The second kappa shape index (κ2) is 4.42. The number of hydrogen-bond donors (Lipinski definition) is 1. The first-order valence-corrected chi connectivity index (χ1v) is 5.78. The monoisotopic (exact) mass is 348 g/mol. The zero-order valence-corrected chi connectivity index (χ0v) is 10.8. The van der Waals surface area contributed by atoms with Crippen molar-refractivity contribution in [1.29, 1.82) is 0 Å². The van der Waals surface area contributed by atoms with Crippen LogP contribution in [0.1, 0.15) is 10.4 Å². The quantitative estimate of drug-likeness (QED) is 0.849. The predicted molar refractivity (Wildman–Crippen MR) is 68.3 cm³/mol. The molecule has 1 aromatic heterocycles. The number of carboxylic acids is 1. The number of carboxylic acid groups (broad SMARTS) is 1. The van der Waals surface area contributed by atoms with Crippen LogP contribution >= 0.6 is 34.2 Å². The maximum Gasteiger partial charge on any atom is 0.340 e. The first kappa shape index (κ1) is 11.4. The summed E-state index contributed by atoms with van der Waals surface area (Å²) < 4.78 is 2.09. The lowest BCUT2D eigenvalue weighted by atomic mass is 10.3. The normalized spacial score (nSPS) is 10.4. The zero-order valence-electron chi connectivity index (χ0n) is 7.89. The van der Waals surface area contributed by atoms with Crippen LogP contribution in [0.25, 0.3) is 5.69 Å². The van der Waals surface area contributed by atoms with Gasteiger partial charge in [-0.15, -0.1) is 0 Å². The molecule has 0 aliphatic carbocycles. The van der Waals surface area contributed by atoms with Crippen LogP contribution in [0, 0.1) is 3.70 Å². The number of benzene rings is 1. The topological polar surface area (TPSA) is 55.1 Å². The minimum atomic E-state index is -0.988. The average Bonchev–Trinajstić information content (AvgIpc) is 2.60. The van der Waals surface area contributed by atoms with Gasteiger partial charge in [0.15, 0.2) is 0 Å². The van der Waals surface area contributed by atoms with Crippen LogP contribution in [0.2, 0.25) is 5.02 Å². The van der Waals surface area contributed by atoms with E-state index in [1.165, 1.54) is 10.9 Å². The molecule has 0 spiro atoms. The smallest absolute Gasteiger partial charge is 0.340 e. The fourth-order valence-corrected chi connectivity index (χ4v) is 2.22. The largest absolute Gasteiger partial charge is 0.478 e. The lowest BCUT2D eigenvalue weighted by Crippen LogP contribution is -2.02. The van der Waals surface area contributed by atoms with E-state index in [0.717, 1.165) is 5.69 Å². The van der Waals surface area contributed by atoms with E-state index in [1.54, 1.807) is 18.2 Å². The molecule has 4 nitrogen and oxygen atoms in total. The molecular weight excluding hydrogens is 342 g/mol. The third kappa shape index (κ3) is 2.05. The van der Waals surface area contributed by atoms with Crippen LogP contribution < -0.4 is 0 Å². The summed E-state index contributed by atoms with van der Waals surface area (Å²) in [7, 11) is 0. The van der Waals surface area contributed by atoms with Crippen molar-refractivity contribution >= 4 is 40.2 Å². The van der Waals surface area contributed by atoms with Gasteiger partial charge in [0.2, 0.25) is 0 Å². The summed E-state index contributed by atoms with van der Waals surface area (Å²) in [5.41, 5.74) is 0.921. The molecule has 0 fully saturated rings. The molecule has 2 aromatic rings. The summed E-state index contributed by atoms with van der Waals surface area (Å²) in [5, 5.41) is 13.5. The van der Waals surface area contributed by atoms with Crippen LogP contribution in [0.4, 0.5) is 0 Å². The molecular formula is C10H6ClIN2O2. The van der Waals surface area contributed by atoms with Crippen LogP contribution in [0.3, 0.4) is 0 Å². The Kier molecular flexibility index (Phi) is 3.15. The Labute approximate surface area is 110 Å². The van der Waals surface area contributed by atoms with Gasteiger partial charge in [0.05, 0.1) is 11.9 Å². The Bertz CT molecular complexity index is 554. The predicted octanol–water partition coefficient (Wildman–Crippen LogP) is 2.83. The third-order valence-electron chi connectivity index (χ3n) is 1.99. The van der Waals surface area contributed by atoms with Gasteiger partial charge in [-0.3, -0.25) is 0 Å². The van der Waals surface area contributed by atoms with Gasteiger partial charge < -0.3 is 5.11 Å². The molecule has 1 heterocycles. The summed E-state index contributed by atoms with van der Waals surface area (Å²) in [6, 6.07) is 7.07. The Morgan fingerprint density at radius 1 is 1.50 bits per heavy atom. The average molecular weight is 349 g/mol. The van der Waals surface area contributed by atoms with Gasteiger partial charge in [0, 0.05) is 5.02 Å². The van der Waals surface area contributed by atoms with E-state index < -0.39 is 5.97 Å².